The van der Waals surface area contributed by atoms with Crippen molar-refractivity contribution in [2.75, 3.05) is 11.1 Å². The summed E-state index contributed by atoms with van der Waals surface area (Å²) >= 11 is 1.58. The Labute approximate surface area is 92.2 Å². The number of nitrogen functional groups attached to an aromatic ring is 1. The SMILES string of the molecule is Cc1cnc(Nc2nccc(C)c2N)s1. The number of nitrogens with two attached hydrogens (primary N) is 1. The third-order valence-corrected chi connectivity index (χ3v) is 2.88. The predicted octanol–water partition coefficient (Wildman–Crippen LogP) is 2.48. The molecule has 0 atom stereocenters. The molecule has 0 aromatic carbocycles. The van der Waals surface area contributed by atoms with E-state index in [9.17, 15) is 0 Å². The van der Waals surface area contributed by atoms with Crippen molar-refractivity contribution in [3.05, 3.63) is 28.9 Å². The van der Waals surface area contributed by atoms with Gasteiger partial charge in [-0.2, -0.15) is 0 Å². The first-order valence-corrected chi connectivity index (χ1v) is 5.39. The molecule has 0 amide bonds. The number of nitrogens with one attached hydrogen (secondary N) is 1. The molecule has 2 rings (SSSR count). The van der Waals surface area contributed by atoms with Gasteiger partial charge in [0.2, 0.25) is 0 Å². The van der Waals surface area contributed by atoms with Gasteiger partial charge in [0.05, 0.1) is 5.69 Å². The van der Waals surface area contributed by atoms with Crippen LogP contribution < -0.4 is 11.1 Å². The summed E-state index contributed by atoms with van der Waals surface area (Å²) in [7, 11) is 0. The summed E-state index contributed by atoms with van der Waals surface area (Å²) in [6.45, 7) is 3.96. The van der Waals surface area contributed by atoms with Gasteiger partial charge in [-0.15, -0.1) is 11.3 Å². The second-order valence-corrected chi connectivity index (χ2v) is 4.53. The molecule has 0 fully saturated rings. The summed E-state index contributed by atoms with van der Waals surface area (Å²) in [5, 5.41) is 3.92. The van der Waals surface area contributed by atoms with Crippen LogP contribution in [0.1, 0.15) is 10.4 Å². The van der Waals surface area contributed by atoms with Crippen LogP contribution in [0.15, 0.2) is 18.5 Å². The van der Waals surface area contributed by atoms with E-state index in [1.807, 2.05) is 26.1 Å². The first-order valence-electron chi connectivity index (χ1n) is 4.57. The number of hydrogen-bond acceptors (Lipinski definition) is 5. The number of nitrogens with zero attached hydrogens (tertiary/aromatic N) is 2. The van der Waals surface area contributed by atoms with Gasteiger partial charge in [-0.05, 0) is 25.5 Å². The molecule has 0 aliphatic heterocycles. The summed E-state index contributed by atoms with van der Waals surface area (Å²) in [5.74, 6) is 0.671. The summed E-state index contributed by atoms with van der Waals surface area (Å²) in [6, 6.07) is 1.88. The number of hydrogen-bond donors (Lipinski definition) is 2. The topological polar surface area (TPSA) is 63.8 Å². The van der Waals surface area contributed by atoms with Crippen LogP contribution >= 0.6 is 11.3 Å². The zero-order valence-corrected chi connectivity index (χ0v) is 9.43. The molecular weight excluding hydrogens is 208 g/mol. The highest BCUT2D eigenvalue weighted by Crippen LogP contribution is 2.25. The van der Waals surface area contributed by atoms with E-state index < -0.39 is 0 Å². The first-order chi connectivity index (χ1) is 7.16. The van der Waals surface area contributed by atoms with Crippen LogP contribution in [0.3, 0.4) is 0 Å². The predicted molar refractivity (Wildman–Crippen MR) is 63.5 cm³/mol. The van der Waals surface area contributed by atoms with Crippen molar-refractivity contribution in [2.45, 2.75) is 13.8 Å². The van der Waals surface area contributed by atoms with Gasteiger partial charge in [0.15, 0.2) is 10.9 Å². The Hall–Kier alpha value is -1.62. The van der Waals surface area contributed by atoms with E-state index in [0.29, 0.717) is 11.5 Å². The van der Waals surface area contributed by atoms with Gasteiger partial charge in [-0.3, -0.25) is 0 Å². The zero-order valence-electron chi connectivity index (χ0n) is 8.61. The molecule has 2 aromatic heterocycles. The molecule has 0 bridgehead atoms. The number of anilines is 3. The van der Waals surface area contributed by atoms with Crippen molar-refractivity contribution in [3.63, 3.8) is 0 Å². The van der Waals surface area contributed by atoms with Gasteiger partial charge in [0.1, 0.15) is 0 Å². The molecule has 0 saturated carbocycles. The standard InChI is InChI=1S/C10H12N4S/c1-6-3-4-12-9(8(6)11)14-10-13-5-7(2)15-10/h3-5H,11H2,1-2H3,(H,12,13,14). The molecule has 5 heteroatoms. The molecule has 4 nitrogen and oxygen atoms in total. The Morgan fingerprint density at radius 1 is 1.33 bits per heavy atom. The Morgan fingerprint density at radius 2 is 2.13 bits per heavy atom. The van der Waals surface area contributed by atoms with Crippen molar-refractivity contribution in [3.8, 4) is 0 Å². The van der Waals surface area contributed by atoms with E-state index in [-0.39, 0.29) is 0 Å². The van der Waals surface area contributed by atoms with E-state index in [0.717, 1.165) is 15.6 Å². The minimum atomic E-state index is 0.671. The lowest BCUT2D eigenvalue weighted by atomic mass is 10.2. The number of rotatable bonds is 2. The van der Waals surface area contributed by atoms with Crippen LogP contribution in [0.5, 0.6) is 0 Å². The van der Waals surface area contributed by atoms with Gasteiger partial charge in [0.25, 0.3) is 0 Å². The van der Waals surface area contributed by atoms with Gasteiger partial charge in [0, 0.05) is 17.3 Å². The van der Waals surface area contributed by atoms with E-state index in [2.05, 4.69) is 15.3 Å². The molecule has 0 spiro atoms. The van der Waals surface area contributed by atoms with E-state index in [4.69, 9.17) is 5.73 Å². The van der Waals surface area contributed by atoms with Crippen LogP contribution in [-0.4, -0.2) is 9.97 Å². The monoisotopic (exact) mass is 220 g/mol. The van der Waals surface area contributed by atoms with Crippen LogP contribution in [0.4, 0.5) is 16.6 Å². The second-order valence-electron chi connectivity index (χ2n) is 3.29. The maximum Gasteiger partial charge on any atom is 0.188 e. The van der Waals surface area contributed by atoms with Crippen molar-refractivity contribution < 1.29 is 0 Å². The fraction of sp³-hybridized carbons (Fsp3) is 0.200. The highest BCUT2D eigenvalue weighted by atomic mass is 32.1. The highest BCUT2D eigenvalue weighted by Gasteiger charge is 2.05. The zero-order chi connectivity index (χ0) is 10.8. The summed E-state index contributed by atoms with van der Waals surface area (Å²) in [6.07, 6.45) is 3.55. The number of aryl methyl sites for hydroxylation is 2. The molecule has 2 aromatic rings. The molecule has 15 heavy (non-hydrogen) atoms. The Bertz CT molecular complexity index is 478. The quantitative estimate of drug-likeness (QED) is 0.816. The summed E-state index contributed by atoms with van der Waals surface area (Å²) in [4.78, 5) is 9.52. The lowest BCUT2D eigenvalue weighted by Gasteiger charge is -2.06. The fourth-order valence-corrected chi connectivity index (χ4v) is 1.85. The molecule has 0 radical (unpaired) electrons. The van der Waals surface area contributed by atoms with Crippen molar-refractivity contribution >= 4 is 28.0 Å². The van der Waals surface area contributed by atoms with E-state index in [1.165, 1.54) is 0 Å². The van der Waals surface area contributed by atoms with Crippen LogP contribution in [0.25, 0.3) is 0 Å². The van der Waals surface area contributed by atoms with E-state index >= 15 is 0 Å². The molecule has 2 heterocycles. The van der Waals surface area contributed by atoms with E-state index in [1.54, 1.807) is 17.5 Å². The second kappa shape index (κ2) is 3.86. The summed E-state index contributed by atoms with van der Waals surface area (Å²) < 4.78 is 0. The molecule has 0 unspecified atom stereocenters. The normalized spacial score (nSPS) is 10.3. The van der Waals surface area contributed by atoms with Crippen LogP contribution in [0.2, 0.25) is 0 Å². The van der Waals surface area contributed by atoms with Gasteiger partial charge >= 0.3 is 0 Å². The molecular formula is C10H12N4S. The van der Waals surface area contributed by atoms with Gasteiger partial charge < -0.3 is 11.1 Å². The van der Waals surface area contributed by atoms with Crippen molar-refractivity contribution in [1.29, 1.82) is 0 Å². The third kappa shape index (κ3) is 2.07. The van der Waals surface area contributed by atoms with Crippen LogP contribution in [0, 0.1) is 13.8 Å². The third-order valence-electron chi connectivity index (χ3n) is 2.05. The fourth-order valence-electron chi connectivity index (χ4n) is 1.18. The largest absolute Gasteiger partial charge is 0.396 e. The number of pyridine rings is 1. The molecule has 78 valence electrons. The molecule has 0 aliphatic carbocycles. The maximum absolute atomic E-state index is 5.89. The number of thiazole rings is 1. The van der Waals surface area contributed by atoms with Crippen molar-refractivity contribution in [1.82, 2.24) is 9.97 Å². The minimum absolute atomic E-state index is 0.671. The van der Waals surface area contributed by atoms with Crippen LogP contribution in [-0.2, 0) is 0 Å². The van der Waals surface area contributed by atoms with Gasteiger partial charge in [-0.1, -0.05) is 0 Å². The average Bonchev–Trinajstić information content (AvgIpc) is 2.59. The highest BCUT2D eigenvalue weighted by molar-refractivity contribution is 7.15. The molecule has 0 aliphatic rings. The Kier molecular flexibility index (Phi) is 2.55. The Morgan fingerprint density at radius 3 is 2.80 bits per heavy atom. The van der Waals surface area contributed by atoms with Gasteiger partial charge in [-0.25, -0.2) is 9.97 Å². The minimum Gasteiger partial charge on any atom is -0.396 e. The number of aromatic nitrogens is 2. The smallest absolute Gasteiger partial charge is 0.188 e. The maximum atomic E-state index is 5.89. The molecule has 3 N–H and O–H groups in total. The average molecular weight is 220 g/mol. The van der Waals surface area contributed by atoms with Crippen molar-refractivity contribution in [2.24, 2.45) is 0 Å². The lowest BCUT2D eigenvalue weighted by molar-refractivity contribution is 1.26. The lowest BCUT2D eigenvalue weighted by Crippen LogP contribution is -2.00. The Balaban J connectivity index is 2.28. The summed E-state index contributed by atoms with van der Waals surface area (Å²) in [5.41, 5.74) is 7.58. The molecule has 0 saturated heterocycles. The first kappa shape index (κ1) is 9.92.